The van der Waals surface area contributed by atoms with Gasteiger partial charge >= 0.3 is 0 Å². The molecule has 3 fully saturated rings. The van der Waals surface area contributed by atoms with E-state index in [-0.39, 0.29) is 0 Å². The molecule has 3 rings (SSSR count). The lowest BCUT2D eigenvalue weighted by Gasteiger charge is -2.57. The van der Waals surface area contributed by atoms with Crippen molar-refractivity contribution in [2.45, 2.75) is 119 Å². The summed E-state index contributed by atoms with van der Waals surface area (Å²) in [5.74, 6) is 8.23. The summed E-state index contributed by atoms with van der Waals surface area (Å²) in [6, 6.07) is 0. The van der Waals surface area contributed by atoms with Gasteiger partial charge in [-0.25, -0.2) is 0 Å². The highest BCUT2D eigenvalue weighted by molar-refractivity contribution is 5.04. The standard InChI is InChI=1S/C27H50/c1-7-18-27(6)21(8-2)12-13-25-24-15-14-22(23(24)16-17-26(25)27)20(5)11-9-10-19(3)4/h19-26H,7-18H2,1-6H3. The van der Waals surface area contributed by atoms with Crippen LogP contribution in [0.4, 0.5) is 0 Å². The Balaban J connectivity index is 1.66. The van der Waals surface area contributed by atoms with Gasteiger partial charge in [-0.15, -0.1) is 0 Å². The van der Waals surface area contributed by atoms with Crippen molar-refractivity contribution >= 4 is 0 Å². The largest absolute Gasteiger partial charge is 0.0654 e. The Hall–Kier alpha value is 0. The second-order valence-corrected chi connectivity index (χ2v) is 11.7. The van der Waals surface area contributed by atoms with Crippen LogP contribution in [-0.4, -0.2) is 0 Å². The van der Waals surface area contributed by atoms with Crippen molar-refractivity contribution in [2.75, 3.05) is 0 Å². The molecule has 3 saturated carbocycles. The molecule has 0 aliphatic heterocycles. The monoisotopic (exact) mass is 374 g/mol. The van der Waals surface area contributed by atoms with Crippen LogP contribution in [0, 0.1) is 52.8 Å². The maximum Gasteiger partial charge on any atom is -0.0267 e. The number of rotatable bonds is 8. The van der Waals surface area contributed by atoms with Crippen molar-refractivity contribution < 1.29 is 0 Å². The molecular weight excluding hydrogens is 324 g/mol. The molecule has 158 valence electrons. The molecule has 0 aromatic carbocycles. The van der Waals surface area contributed by atoms with Gasteiger partial charge in [0.15, 0.2) is 0 Å². The van der Waals surface area contributed by atoms with Gasteiger partial charge in [-0.1, -0.05) is 73.6 Å². The minimum Gasteiger partial charge on any atom is -0.0654 e. The van der Waals surface area contributed by atoms with E-state index in [1.807, 2.05) is 0 Å². The Morgan fingerprint density at radius 3 is 2.19 bits per heavy atom. The summed E-state index contributed by atoms with van der Waals surface area (Å²) < 4.78 is 0. The topological polar surface area (TPSA) is 0 Å². The fourth-order valence-corrected chi connectivity index (χ4v) is 8.60. The molecule has 8 atom stereocenters. The average Bonchev–Trinajstić information content (AvgIpc) is 3.06. The predicted molar refractivity (Wildman–Crippen MR) is 120 cm³/mol. The molecule has 0 aromatic heterocycles. The van der Waals surface area contributed by atoms with E-state index >= 15 is 0 Å². The van der Waals surface area contributed by atoms with Crippen molar-refractivity contribution in [3.05, 3.63) is 0 Å². The van der Waals surface area contributed by atoms with Gasteiger partial charge < -0.3 is 0 Å². The van der Waals surface area contributed by atoms with Crippen molar-refractivity contribution in [3.8, 4) is 0 Å². The van der Waals surface area contributed by atoms with Crippen LogP contribution in [0.5, 0.6) is 0 Å². The van der Waals surface area contributed by atoms with E-state index in [2.05, 4.69) is 41.5 Å². The lowest BCUT2D eigenvalue weighted by atomic mass is 9.48. The minimum absolute atomic E-state index is 0.651. The lowest BCUT2D eigenvalue weighted by molar-refractivity contribution is -0.0756. The number of hydrogen-bond acceptors (Lipinski definition) is 0. The zero-order chi connectivity index (χ0) is 19.6. The summed E-state index contributed by atoms with van der Waals surface area (Å²) in [5.41, 5.74) is 0.651. The van der Waals surface area contributed by atoms with Crippen LogP contribution >= 0.6 is 0 Å². The molecule has 0 spiro atoms. The summed E-state index contributed by atoms with van der Waals surface area (Å²) >= 11 is 0. The molecule has 0 saturated heterocycles. The second-order valence-electron chi connectivity index (χ2n) is 11.7. The van der Waals surface area contributed by atoms with Gasteiger partial charge in [0.05, 0.1) is 0 Å². The van der Waals surface area contributed by atoms with Crippen LogP contribution in [0.3, 0.4) is 0 Å². The molecule has 3 aliphatic rings. The van der Waals surface area contributed by atoms with Gasteiger partial charge in [0.2, 0.25) is 0 Å². The molecular formula is C27H50. The van der Waals surface area contributed by atoms with E-state index in [1.54, 1.807) is 32.1 Å². The zero-order valence-corrected chi connectivity index (χ0v) is 19.6. The van der Waals surface area contributed by atoms with E-state index in [4.69, 9.17) is 0 Å². The first kappa shape index (κ1) is 21.7. The second kappa shape index (κ2) is 9.21. The van der Waals surface area contributed by atoms with Crippen LogP contribution < -0.4 is 0 Å². The first-order valence-corrected chi connectivity index (χ1v) is 12.9. The predicted octanol–water partition coefficient (Wildman–Crippen LogP) is 8.74. The van der Waals surface area contributed by atoms with Crippen LogP contribution in [-0.2, 0) is 0 Å². The third kappa shape index (κ3) is 4.30. The third-order valence-electron chi connectivity index (χ3n) is 9.89. The van der Waals surface area contributed by atoms with Crippen molar-refractivity contribution in [3.63, 3.8) is 0 Å². The SMILES string of the molecule is CCCC1(C)C(CC)CCC2C3CCC(C(C)CCCC(C)C)C3CCC21. The van der Waals surface area contributed by atoms with Gasteiger partial charge in [0.25, 0.3) is 0 Å². The van der Waals surface area contributed by atoms with Crippen LogP contribution in [0.1, 0.15) is 119 Å². The Kier molecular flexibility index (Phi) is 7.40. The van der Waals surface area contributed by atoms with Crippen molar-refractivity contribution in [1.82, 2.24) is 0 Å². The fourth-order valence-electron chi connectivity index (χ4n) is 8.60. The first-order valence-electron chi connectivity index (χ1n) is 12.9. The van der Waals surface area contributed by atoms with Crippen LogP contribution in [0.15, 0.2) is 0 Å². The highest BCUT2D eigenvalue weighted by Gasteiger charge is 2.54. The smallest absolute Gasteiger partial charge is 0.0267 e. The van der Waals surface area contributed by atoms with E-state index in [1.165, 1.54) is 44.9 Å². The number of hydrogen-bond donors (Lipinski definition) is 0. The maximum absolute atomic E-state index is 2.71. The molecule has 0 heteroatoms. The van der Waals surface area contributed by atoms with E-state index in [0.29, 0.717) is 5.41 Å². The van der Waals surface area contributed by atoms with Gasteiger partial charge in [0, 0.05) is 0 Å². The third-order valence-corrected chi connectivity index (χ3v) is 9.89. The molecule has 8 unspecified atom stereocenters. The van der Waals surface area contributed by atoms with Crippen molar-refractivity contribution in [2.24, 2.45) is 52.8 Å². The van der Waals surface area contributed by atoms with Gasteiger partial charge in [-0.3, -0.25) is 0 Å². The normalized spacial score (nSPS) is 42.8. The fraction of sp³-hybridized carbons (Fsp3) is 1.00. The minimum atomic E-state index is 0.651. The van der Waals surface area contributed by atoms with Gasteiger partial charge in [-0.2, -0.15) is 0 Å². The van der Waals surface area contributed by atoms with Gasteiger partial charge in [0.1, 0.15) is 0 Å². The lowest BCUT2D eigenvalue weighted by Crippen LogP contribution is -2.49. The molecule has 0 aromatic rings. The van der Waals surface area contributed by atoms with E-state index in [9.17, 15) is 0 Å². The molecule has 0 radical (unpaired) electrons. The van der Waals surface area contributed by atoms with E-state index < -0.39 is 0 Å². The highest BCUT2D eigenvalue weighted by Crippen LogP contribution is 2.63. The Morgan fingerprint density at radius 1 is 0.815 bits per heavy atom. The molecule has 0 N–H and O–H groups in total. The summed E-state index contributed by atoms with van der Waals surface area (Å²) in [6.45, 7) is 15.0. The quantitative estimate of drug-likeness (QED) is 0.398. The summed E-state index contributed by atoms with van der Waals surface area (Å²) in [7, 11) is 0. The van der Waals surface area contributed by atoms with Crippen LogP contribution in [0.2, 0.25) is 0 Å². The molecule has 3 aliphatic carbocycles. The summed E-state index contributed by atoms with van der Waals surface area (Å²) in [4.78, 5) is 0. The summed E-state index contributed by atoms with van der Waals surface area (Å²) in [5, 5.41) is 0. The Bertz CT molecular complexity index is 451. The maximum atomic E-state index is 2.71. The van der Waals surface area contributed by atoms with E-state index in [0.717, 1.165) is 47.3 Å². The molecule has 0 amide bonds. The van der Waals surface area contributed by atoms with Crippen LogP contribution in [0.25, 0.3) is 0 Å². The molecule has 0 bridgehead atoms. The number of fused-ring (bicyclic) bond motifs is 3. The highest BCUT2D eigenvalue weighted by atomic mass is 14.6. The molecule has 27 heavy (non-hydrogen) atoms. The van der Waals surface area contributed by atoms with Crippen molar-refractivity contribution in [1.29, 1.82) is 0 Å². The van der Waals surface area contributed by atoms with Gasteiger partial charge in [-0.05, 0) is 97.7 Å². The average molecular weight is 375 g/mol. The zero-order valence-electron chi connectivity index (χ0n) is 19.6. The first-order chi connectivity index (χ1) is 12.9. The molecule has 0 heterocycles. The Morgan fingerprint density at radius 2 is 1.52 bits per heavy atom. The molecule has 0 nitrogen and oxygen atoms in total. The summed E-state index contributed by atoms with van der Waals surface area (Å²) in [6.07, 6.45) is 18.1. The Labute approximate surface area is 171 Å².